The molecule has 2 atom stereocenters. The van der Waals surface area contributed by atoms with E-state index in [1.54, 1.807) is 12.4 Å². The lowest BCUT2D eigenvalue weighted by Crippen LogP contribution is -2.36. The fourth-order valence-corrected chi connectivity index (χ4v) is 5.04. The number of fused-ring (bicyclic) bond motifs is 1. The van der Waals surface area contributed by atoms with Crippen LogP contribution in [0, 0.1) is 5.92 Å². The summed E-state index contributed by atoms with van der Waals surface area (Å²) >= 11 is 1.09. The highest BCUT2D eigenvalue weighted by molar-refractivity contribution is 8.00. The summed E-state index contributed by atoms with van der Waals surface area (Å²) in [5.74, 6) is 1.48. The molecule has 32 heavy (non-hydrogen) atoms. The maximum absolute atomic E-state index is 11.3. The van der Waals surface area contributed by atoms with Crippen molar-refractivity contribution in [2.75, 3.05) is 6.54 Å². The molecule has 10 heteroatoms. The van der Waals surface area contributed by atoms with Gasteiger partial charge in [0.1, 0.15) is 11.7 Å². The molecule has 1 aliphatic heterocycles. The Morgan fingerprint density at radius 2 is 2.19 bits per heavy atom. The number of hydrogen-bond donors (Lipinski definition) is 3. The predicted octanol–water partition coefficient (Wildman–Crippen LogP) is 4.19. The van der Waals surface area contributed by atoms with E-state index in [9.17, 15) is 4.89 Å². The standard InChI is InChI=1S/C22H25N6O2PS/c1-2-24-22-19-12-16(15-7-4-3-5-8-15)9-6-10-20(19)25-21(26-22)17-11-18(14-23-13-17)32-28-31(30)27-29/h3-4,7,10-14,19,29H,2,5-6,8-9H2,1H3,(H,27,28)(H,24,25,26). The Morgan fingerprint density at radius 1 is 1.31 bits per heavy atom. The van der Waals surface area contributed by atoms with Crippen LogP contribution in [-0.4, -0.2) is 28.4 Å². The largest absolute Gasteiger partial charge is 0.592 e. The van der Waals surface area contributed by atoms with Gasteiger partial charge in [-0.2, -0.15) is 0 Å². The van der Waals surface area contributed by atoms with Gasteiger partial charge in [0, 0.05) is 47.0 Å². The summed E-state index contributed by atoms with van der Waals surface area (Å²) in [7, 11) is -2.24. The van der Waals surface area contributed by atoms with Crippen molar-refractivity contribution in [3.63, 3.8) is 0 Å². The average Bonchev–Trinajstić information content (AvgIpc) is 3.06. The maximum Gasteiger partial charge on any atom is 0.308 e. The van der Waals surface area contributed by atoms with Crippen LogP contribution in [0.2, 0.25) is 0 Å². The van der Waals surface area contributed by atoms with E-state index in [1.165, 1.54) is 11.1 Å². The van der Waals surface area contributed by atoms with Gasteiger partial charge in [-0.1, -0.05) is 34.9 Å². The highest BCUT2D eigenvalue weighted by Gasteiger charge is 2.28. The second kappa shape index (κ2) is 10.9. The number of nitrogens with one attached hydrogen (secondary N) is 2. The Labute approximate surface area is 192 Å². The van der Waals surface area contributed by atoms with Crippen LogP contribution in [0.3, 0.4) is 0 Å². The number of hydrogen-bond acceptors (Lipinski definition) is 6. The Hall–Kier alpha value is -2.42. The zero-order valence-electron chi connectivity index (χ0n) is 17.7. The fourth-order valence-electron chi connectivity index (χ4n) is 3.86. The van der Waals surface area contributed by atoms with Gasteiger partial charge in [-0.25, -0.2) is 10.2 Å². The maximum atomic E-state index is 11.3. The molecular formula is C22H25N6O2PS. The van der Waals surface area contributed by atoms with Gasteiger partial charge in [-0.05, 0) is 49.8 Å². The summed E-state index contributed by atoms with van der Waals surface area (Å²) in [6, 6.07) is 1.89. The molecule has 0 amide bonds. The van der Waals surface area contributed by atoms with Crippen molar-refractivity contribution < 1.29 is 10.1 Å². The number of aliphatic imine (C=N–C) groups is 2. The number of aromatic nitrogens is 1. The lowest BCUT2D eigenvalue weighted by Gasteiger charge is -2.26. The van der Waals surface area contributed by atoms with Gasteiger partial charge < -0.3 is 10.2 Å². The van der Waals surface area contributed by atoms with E-state index in [1.807, 2.05) is 13.0 Å². The molecular weight excluding hydrogens is 443 g/mol. The fraction of sp³-hybridized carbons (Fsp3) is 0.318. The van der Waals surface area contributed by atoms with E-state index in [-0.39, 0.29) is 5.92 Å². The van der Waals surface area contributed by atoms with Crippen molar-refractivity contribution in [3.8, 4) is 0 Å². The smallest absolute Gasteiger partial charge is 0.308 e. The molecule has 0 spiro atoms. The number of allylic oxidation sites excluding steroid dienone is 6. The zero-order valence-corrected chi connectivity index (χ0v) is 19.4. The quantitative estimate of drug-likeness (QED) is 0.327. The van der Waals surface area contributed by atoms with Crippen LogP contribution in [0.4, 0.5) is 0 Å². The van der Waals surface area contributed by atoms with Crippen LogP contribution in [0.1, 0.15) is 38.2 Å². The minimum atomic E-state index is -2.24. The van der Waals surface area contributed by atoms with Crippen LogP contribution in [-0.2, 0) is 0 Å². The molecule has 166 valence electrons. The minimum absolute atomic E-state index is 0.00498. The summed E-state index contributed by atoms with van der Waals surface area (Å²) in [5, 5.41) is 12.1. The predicted molar refractivity (Wildman–Crippen MR) is 127 cm³/mol. The van der Waals surface area contributed by atoms with E-state index in [0.717, 1.165) is 59.6 Å². The van der Waals surface area contributed by atoms with Crippen LogP contribution >= 0.6 is 20.0 Å². The van der Waals surface area contributed by atoms with Crippen molar-refractivity contribution in [2.45, 2.75) is 37.5 Å². The van der Waals surface area contributed by atoms with E-state index in [4.69, 9.17) is 15.2 Å². The van der Waals surface area contributed by atoms with Gasteiger partial charge in [-0.15, -0.1) is 0 Å². The zero-order chi connectivity index (χ0) is 22.3. The van der Waals surface area contributed by atoms with Crippen molar-refractivity contribution in [2.24, 2.45) is 20.8 Å². The minimum Gasteiger partial charge on any atom is -0.592 e. The van der Waals surface area contributed by atoms with Gasteiger partial charge >= 0.3 is 8.09 Å². The number of rotatable bonds is 6. The third-order valence-electron chi connectivity index (χ3n) is 5.30. The Bertz CT molecular complexity index is 1090. The first-order valence-electron chi connectivity index (χ1n) is 10.5. The van der Waals surface area contributed by atoms with E-state index < -0.39 is 8.09 Å². The van der Waals surface area contributed by atoms with Gasteiger partial charge in [0.15, 0.2) is 0 Å². The number of nitrogens with zero attached hydrogens (tertiary/aromatic N) is 4. The van der Waals surface area contributed by atoms with Crippen molar-refractivity contribution in [3.05, 3.63) is 71.2 Å². The molecule has 0 bridgehead atoms. The molecule has 0 saturated heterocycles. The first-order chi connectivity index (χ1) is 15.7. The molecule has 2 heterocycles. The van der Waals surface area contributed by atoms with E-state index in [0.29, 0.717) is 12.4 Å². The van der Waals surface area contributed by atoms with Crippen LogP contribution in [0.15, 0.2) is 85.5 Å². The first kappa shape index (κ1) is 22.8. The lowest BCUT2D eigenvalue weighted by atomic mass is 9.91. The first-order valence-corrected chi connectivity index (χ1v) is 12.6. The van der Waals surface area contributed by atoms with Gasteiger partial charge in [0.25, 0.3) is 0 Å². The van der Waals surface area contributed by atoms with E-state index in [2.05, 4.69) is 50.1 Å². The van der Waals surface area contributed by atoms with Crippen LogP contribution < -0.4 is 14.7 Å². The molecule has 0 aromatic carbocycles. The summed E-state index contributed by atoms with van der Waals surface area (Å²) in [6.45, 7) is 2.67. The molecule has 3 aliphatic rings. The summed E-state index contributed by atoms with van der Waals surface area (Å²) in [5.41, 5.74) is 4.67. The van der Waals surface area contributed by atoms with Crippen molar-refractivity contribution >= 4 is 31.7 Å². The van der Waals surface area contributed by atoms with Gasteiger partial charge in [-0.3, -0.25) is 9.98 Å². The SMILES string of the molecule is CCN=C1N=C(c2cncc(SN[P+]([O-])=NO)c2)NC2=CCCC(C3=CC=CCC3)=CC21. The van der Waals surface area contributed by atoms with Crippen molar-refractivity contribution in [1.29, 1.82) is 0 Å². The van der Waals surface area contributed by atoms with Gasteiger partial charge in [0.05, 0.1) is 10.8 Å². The molecule has 3 N–H and O–H groups in total. The molecule has 4 rings (SSSR count). The monoisotopic (exact) mass is 468 g/mol. The van der Waals surface area contributed by atoms with Crippen molar-refractivity contribution in [1.82, 2.24) is 14.8 Å². The highest BCUT2D eigenvalue weighted by atomic mass is 32.2. The number of pyridine rings is 1. The molecule has 2 unspecified atom stereocenters. The topological polar surface area (TPSA) is 117 Å². The van der Waals surface area contributed by atoms with Crippen LogP contribution in [0.5, 0.6) is 0 Å². The third-order valence-corrected chi connectivity index (χ3v) is 6.92. The lowest BCUT2D eigenvalue weighted by molar-refractivity contribution is -0.158. The Morgan fingerprint density at radius 3 is 2.97 bits per heavy atom. The normalized spacial score (nSPS) is 22.3. The average molecular weight is 469 g/mol. The molecule has 0 fully saturated rings. The Balaban J connectivity index is 1.64. The highest BCUT2D eigenvalue weighted by Crippen LogP contribution is 2.32. The molecule has 1 aromatic rings. The summed E-state index contributed by atoms with van der Waals surface area (Å²) in [4.78, 5) is 28.6. The van der Waals surface area contributed by atoms with E-state index >= 15 is 0 Å². The molecule has 1 aromatic heterocycles. The molecule has 8 nitrogen and oxygen atoms in total. The molecule has 0 saturated carbocycles. The van der Waals surface area contributed by atoms with Gasteiger partial charge in [0.2, 0.25) is 0 Å². The number of amidine groups is 2. The molecule has 0 radical (unpaired) electrons. The third kappa shape index (κ3) is 5.49. The molecule has 2 aliphatic carbocycles. The van der Waals surface area contributed by atoms with Crippen LogP contribution in [0.25, 0.3) is 0 Å². The Kier molecular flexibility index (Phi) is 7.78. The summed E-state index contributed by atoms with van der Waals surface area (Å²) < 4.78 is 2.55. The second-order valence-electron chi connectivity index (χ2n) is 7.41. The summed E-state index contributed by atoms with van der Waals surface area (Å²) in [6.07, 6.45) is 18.6. The second-order valence-corrected chi connectivity index (χ2v) is 9.54.